The lowest BCUT2D eigenvalue weighted by molar-refractivity contribution is -0.137. The van der Waals surface area contributed by atoms with Gasteiger partial charge in [-0.15, -0.1) is 0 Å². The van der Waals surface area contributed by atoms with Gasteiger partial charge in [0.2, 0.25) is 5.95 Å². The maximum Gasteiger partial charge on any atom is 0.419 e. The van der Waals surface area contributed by atoms with Crippen molar-refractivity contribution in [2.24, 2.45) is 0 Å². The van der Waals surface area contributed by atoms with E-state index in [0.717, 1.165) is 11.1 Å². The topological polar surface area (TPSA) is 67.6 Å². The third-order valence-corrected chi connectivity index (χ3v) is 3.29. The van der Waals surface area contributed by atoms with Crippen LogP contribution in [-0.4, -0.2) is 15.0 Å². The van der Waals surface area contributed by atoms with E-state index in [9.17, 15) is 13.2 Å². The summed E-state index contributed by atoms with van der Waals surface area (Å²) in [4.78, 5) is 10.2. The molecule has 0 unspecified atom stereocenters. The first-order valence-electron chi connectivity index (χ1n) is 6.14. The Labute approximate surface area is 117 Å². The van der Waals surface area contributed by atoms with Crippen LogP contribution < -0.4 is 5.73 Å². The van der Waals surface area contributed by atoms with E-state index < -0.39 is 11.7 Å². The maximum absolute atomic E-state index is 13.1. The fourth-order valence-corrected chi connectivity index (χ4v) is 2.31. The van der Waals surface area contributed by atoms with E-state index >= 15 is 0 Å². The molecule has 2 aromatic heterocycles. The number of aryl methyl sites for hydroxylation is 1. The highest BCUT2D eigenvalue weighted by Crippen LogP contribution is 2.38. The zero-order chi connectivity index (χ0) is 15.2. The van der Waals surface area contributed by atoms with E-state index in [-0.39, 0.29) is 11.6 Å². The molecule has 3 rings (SSSR count). The van der Waals surface area contributed by atoms with Gasteiger partial charge in [-0.2, -0.15) is 13.2 Å². The van der Waals surface area contributed by atoms with Gasteiger partial charge in [0.25, 0.3) is 0 Å². The Kier molecular flexibility index (Phi) is 2.86. The number of anilines is 1. The van der Waals surface area contributed by atoms with Gasteiger partial charge in [-0.25, -0.2) is 9.97 Å². The molecule has 0 aliphatic carbocycles. The molecule has 0 aliphatic rings. The minimum Gasteiger partial charge on any atom is -0.368 e. The number of aromatic amines is 1. The first-order chi connectivity index (χ1) is 9.88. The summed E-state index contributed by atoms with van der Waals surface area (Å²) in [5, 5.41) is 0.665. The molecule has 7 heteroatoms. The molecule has 4 nitrogen and oxygen atoms in total. The average Bonchev–Trinajstić information content (AvgIpc) is 2.82. The van der Waals surface area contributed by atoms with Crippen molar-refractivity contribution in [3.8, 4) is 11.3 Å². The lowest BCUT2D eigenvalue weighted by Crippen LogP contribution is -2.10. The van der Waals surface area contributed by atoms with E-state index in [4.69, 9.17) is 5.73 Å². The molecule has 108 valence electrons. The van der Waals surface area contributed by atoms with Crippen LogP contribution in [0.2, 0.25) is 0 Å². The molecule has 1 aromatic carbocycles. The molecule has 0 amide bonds. The summed E-state index contributed by atoms with van der Waals surface area (Å²) in [6.45, 7) is 1.88. The summed E-state index contributed by atoms with van der Waals surface area (Å²) in [6.07, 6.45) is -2.32. The molecule has 0 saturated carbocycles. The van der Waals surface area contributed by atoms with Gasteiger partial charge in [0.05, 0.1) is 5.69 Å². The average molecular weight is 292 g/mol. The van der Waals surface area contributed by atoms with E-state index in [2.05, 4.69) is 15.0 Å². The van der Waals surface area contributed by atoms with Crippen molar-refractivity contribution in [3.05, 3.63) is 41.7 Å². The van der Waals surface area contributed by atoms with Crippen LogP contribution in [0.1, 0.15) is 11.1 Å². The second kappa shape index (κ2) is 4.47. The Hall–Kier alpha value is -2.57. The SMILES string of the molecule is Cc1cccc2c(-c3nc(N)ncc3C(F)(F)F)c[nH]c12. The fraction of sp³-hybridized carbons (Fsp3) is 0.143. The maximum atomic E-state index is 13.1. The number of nitrogens with zero attached hydrogens (tertiary/aromatic N) is 2. The molecule has 0 fully saturated rings. The molecule has 2 heterocycles. The number of hydrogen-bond donors (Lipinski definition) is 2. The number of rotatable bonds is 1. The number of fused-ring (bicyclic) bond motifs is 1. The number of nitrogens with two attached hydrogens (primary N) is 1. The molecule has 0 saturated heterocycles. The van der Waals surface area contributed by atoms with E-state index in [0.29, 0.717) is 17.1 Å². The quantitative estimate of drug-likeness (QED) is 0.721. The Bertz CT molecular complexity index is 821. The van der Waals surface area contributed by atoms with Gasteiger partial charge in [0.1, 0.15) is 5.56 Å². The normalized spacial score (nSPS) is 12.0. The van der Waals surface area contributed by atoms with Crippen LogP contribution in [0.25, 0.3) is 22.2 Å². The highest BCUT2D eigenvalue weighted by atomic mass is 19.4. The van der Waals surface area contributed by atoms with Gasteiger partial charge in [0.15, 0.2) is 0 Å². The monoisotopic (exact) mass is 292 g/mol. The Balaban J connectivity index is 2.33. The number of nitrogens with one attached hydrogen (secondary N) is 1. The smallest absolute Gasteiger partial charge is 0.368 e. The Morgan fingerprint density at radius 2 is 2.00 bits per heavy atom. The molecule has 0 atom stereocenters. The van der Waals surface area contributed by atoms with Gasteiger partial charge in [-0.1, -0.05) is 18.2 Å². The lowest BCUT2D eigenvalue weighted by atomic mass is 10.0. The van der Waals surface area contributed by atoms with Gasteiger partial charge in [-0.05, 0) is 12.5 Å². The summed E-state index contributed by atoms with van der Waals surface area (Å²) >= 11 is 0. The van der Waals surface area contributed by atoms with Crippen molar-refractivity contribution in [2.45, 2.75) is 13.1 Å². The second-order valence-corrected chi connectivity index (χ2v) is 4.69. The number of nitrogen functional groups attached to an aromatic ring is 1. The number of hydrogen-bond acceptors (Lipinski definition) is 3. The van der Waals surface area contributed by atoms with Crippen LogP contribution in [0.4, 0.5) is 19.1 Å². The largest absolute Gasteiger partial charge is 0.419 e. The highest BCUT2D eigenvalue weighted by Gasteiger charge is 2.35. The van der Waals surface area contributed by atoms with Crippen LogP contribution in [0.5, 0.6) is 0 Å². The lowest BCUT2D eigenvalue weighted by Gasteiger charge is -2.11. The fourth-order valence-electron chi connectivity index (χ4n) is 2.31. The number of benzene rings is 1. The minimum atomic E-state index is -4.55. The minimum absolute atomic E-state index is 0.194. The van der Waals surface area contributed by atoms with Crippen molar-refractivity contribution in [2.75, 3.05) is 5.73 Å². The van der Waals surface area contributed by atoms with E-state index in [1.54, 1.807) is 12.1 Å². The molecular formula is C14H11F3N4. The van der Waals surface area contributed by atoms with Crippen molar-refractivity contribution in [1.82, 2.24) is 15.0 Å². The molecule has 0 radical (unpaired) electrons. The molecule has 0 spiro atoms. The Morgan fingerprint density at radius 1 is 1.24 bits per heavy atom. The second-order valence-electron chi connectivity index (χ2n) is 4.69. The van der Waals surface area contributed by atoms with Crippen molar-refractivity contribution >= 4 is 16.9 Å². The summed E-state index contributed by atoms with van der Waals surface area (Å²) < 4.78 is 39.4. The number of alkyl halides is 3. The zero-order valence-corrected chi connectivity index (χ0v) is 11.0. The number of H-pyrrole nitrogens is 1. The Morgan fingerprint density at radius 3 is 2.71 bits per heavy atom. The third-order valence-electron chi connectivity index (χ3n) is 3.29. The van der Waals surface area contributed by atoms with Gasteiger partial charge in [-0.3, -0.25) is 0 Å². The molecule has 3 aromatic rings. The van der Waals surface area contributed by atoms with Crippen molar-refractivity contribution in [3.63, 3.8) is 0 Å². The summed E-state index contributed by atoms with van der Waals surface area (Å²) in [6, 6.07) is 5.40. The summed E-state index contributed by atoms with van der Waals surface area (Å²) in [7, 11) is 0. The highest BCUT2D eigenvalue weighted by molar-refractivity contribution is 5.96. The van der Waals surface area contributed by atoms with Crippen molar-refractivity contribution in [1.29, 1.82) is 0 Å². The predicted octanol–water partition coefficient (Wildman–Crippen LogP) is 3.53. The number of aromatic nitrogens is 3. The first-order valence-corrected chi connectivity index (χ1v) is 6.14. The third kappa shape index (κ3) is 2.20. The van der Waals surface area contributed by atoms with Crippen LogP contribution in [0, 0.1) is 6.92 Å². The van der Waals surface area contributed by atoms with Crippen LogP contribution in [-0.2, 0) is 6.18 Å². The standard InChI is InChI=1S/C14H11F3N4/c1-7-3-2-4-8-9(5-19-11(7)8)12-10(14(15,16)17)6-20-13(18)21-12/h2-6,19H,1H3,(H2,18,20,21). The van der Waals surface area contributed by atoms with Gasteiger partial charge < -0.3 is 10.7 Å². The van der Waals surface area contributed by atoms with E-state index in [1.807, 2.05) is 13.0 Å². The summed E-state index contributed by atoms with van der Waals surface area (Å²) in [5.74, 6) is -0.194. The first kappa shape index (κ1) is 13.4. The molecular weight excluding hydrogens is 281 g/mol. The van der Waals surface area contributed by atoms with Crippen LogP contribution in [0.15, 0.2) is 30.6 Å². The number of para-hydroxylation sites is 1. The van der Waals surface area contributed by atoms with Gasteiger partial charge >= 0.3 is 6.18 Å². The van der Waals surface area contributed by atoms with E-state index in [1.165, 1.54) is 6.20 Å². The van der Waals surface area contributed by atoms with Crippen LogP contribution >= 0.6 is 0 Å². The molecule has 0 bridgehead atoms. The van der Waals surface area contributed by atoms with Gasteiger partial charge in [0, 0.05) is 28.9 Å². The van der Waals surface area contributed by atoms with Crippen LogP contribution in [0.3, 0.4) is 0 Å². The molecule has 21 heavy (non-hydrogen) atoms. The molecule has 0 aliphatic heterocycles. The van der Waals surface area contributed by atoms with Crippen molar-refractivity contribution < 1.29 is 13.2 Å². The predicted molar refractivity (Wildman–Crippen MR) is 73.5 cm³/mol. The molecule has 3 N–H and O–H groups in total. The summed E-state index contributed by atoms with van der Waals surface area (Å²) in [5.41, 5.74) is 6.40. The number of halogens is 3. The zero-order valence-electron chi connectivity index (χ0n) is 11.0.